The van der Waals surface area contributed by atoms with Gasteiger partial charge in [-0.3, -0.25) is 95.9 Å². The normalized spacial score (nSPS) is 14.9. The number of nitrogens with one attached hydrogen (secondary N) is 17. The minimum atomic E-state index is -2.00. The Labute approximate surface area is 829 Å². The van der Waals surface area contributed by atoms with E-state index in [1.54, 1.807) is 147 Å². The molecule has 0 aliphatic heterocycles. The molecule has 49 heteroatoms. The van der Waals surface area contributed by atoms with Crippen LogP contribution in [0.4, 0.5) is 0 Å². The van der Waals surface area contributed by atoms with Gasteiger partial charge in [0.1, 0.15) is 90.6 Å². The van der Waals surface area contributed by atoms with E-state index in [4.69, 9.17) is 28.7 Å². The van der Waals surface area contributed by atoms with Crippen molar-refractivity contribution in [1.29, 1.82) is 0 Å². The zero-order valence-electron chi connectivity index (χ0n) is 80.0. The molecule has 2 aromatic heterocycles. The summed E-state index contributed by atoms with van der Waals surface area (Å²) in [5.74, 6) is -26.5. The number of unbranched alkanes of at least 4 members (excludes halogenated alkanes) is 1. The average Bonchev–Trinajstić information content (AvgIpc) is 1.70. The number of rotatable bonds is 64. The molecule has 3 aromatic carbocycles. The SMILES string of the molecule is CC[C@H](C)[C@H](NC(=O)[C@H](Cc1ccccc1)NC(=O)[C@H](CCC(=O)O)NC(=O)[C@H](CS)NC(=O)[C@@H](NC(=O)[C@H](Cc1c[nH]c2ccccc12)NC(=O)[C@@H](N)CC(=O)O)C(C)C)C(=O)N[C@@H](CCCCN)C(=O)N[C@@H](CC(N)=O)C(=O)N[C@@H](CCC(N)=O)C(=O)N[C@@H](Cc1c[nH]c2ccccc12)C(=O)N[C@@H](CCSC)C(=O)N[C@@H](CS)C(=O)N[C@@H](CC(N)=O)C(=O)N[C@H](C(=O)N[C@@H](CC(C)C)C(=O)O)C(C)C. The van der Waals surface area contributed by atoms with Crippen molar-refractivity contribution in [3.63, 3.8) is 0 Å². The van der Waals surface area contributed by atoms with E-state index in [9.17, 15) is 96.8 Å². The van der Waals surface area contributed by atoms with Gasteiger partial charge in [0, 0.05) is 77.8 Å². The molecule has 0 fully saturated rings. The summed E-state index contributed by atoms with van der Waals surface area (Å²) in [5.41, 5.74) is 31.3. The first-order valence-corrected chi connectivity index (χ1v) is 48.7. The van der Waals surface area contributed by atoms with Crippen LogP contribution in [0.3, 0.4) is 0 Å². The highest BCUT2D eigenvalue weighted by Crippen LogP contribution is 2.24. The van der Waals surface area contributed by atoms with Crippen LogP contribution in [0, 0.1) is 23.7 Å². The van der Waals surface area contributed by atoms with E-state index in [-0.39, 0.29) is 76.0 Å². The van der Waals surface area contributed by atoms with Gasteiger partial charge in [-0.2, -0.15) is 37.0 Å². The number of hydrogen-bond acceptors (Lipinski definition) is 26. The van der Waals surface area contributed by atoms with Crippen LogP contribution in [-0.4, -0.2) is 276 Å². The molecule has 0 aliphatic rings. The van der Waals surface area contributed by atoms with E-state index < -0.39 is 295 Å². The summed E-state index contributed by atoms with van der Waals surface area (Å²) < 4.78 is 0. The summed E-state index contributed by atoms with van der Waals surface area (Å²) in [6.45, 7) is 12.9. The van der Waals surface area contributed by atoms with Gasteiger partial charge in [-0.15, -0.1) is 0 Å². The van der Waals surface area contributed by atoms with Crippen LogP contribution < -0.4 is 108 Å². The Hall–Kier alpha value is -13.4. The number of amides is 18. The third-order valence-corrected chi connectivity index (χ3v) is 24.2. The van der Waals surface area contributed by atoms with Crippen LogP contribution in [0.2, 0.25) is 0 Å². The molecule has 17 atom stereocenters. The maximum absolute atomic E-state index is 15.1. The van der Waals surface area contributed by atoms with Gasteiger partial charge in [-0.1, -0.05) is 129 Å². The van der Waals surface area contributed by atoms with Crippen LogP contribution in [-0.2, 0) is 120 Å². The number of nitrogens with two attached hydrogens (primary N) is 5. The first kappa shape index (κ1) is 118. The van der Waals surface area contributed by atoms with Gasteiger partial charge >= 0.3 is 17.9 Å². The average molecular weight is 2030 g/mol. The molecule has 0 spiro atoms. The number of para-hydroxylation sites is 2. The number of carbonyl (C=O) groups is 21. The highest BCUT2D eigenvalue weighted by molar-refractivity contribution is 7.98. The number of hydrogen-bond donors (Lipinski definition) is 27. The summed E-state index contributed by atoms with van der Waals surface area (Å²) in [4.78, 5) is 297. The third-order valence-electron chi connectivity index (χ3n) is 22.8. The smallest absolute Gasteiger partial charge is 0.326 e. The van der Waals surface area contributed by atoms with Crippen LogP contribution in [0.5, 0.6) is 0 Å². The monoisotopic (exact) mass is 2030 g/mol. The van der Waals surface area contributed by atoms with Crippen molar-refractivity contribution >= 4 is 183 Å². The molecule has 46 nitrogen and oxygen atoms in total. The molecule has 774 valence electrons. The first-order chi connectivity index (χ1) is 66.6. The molecule has 0 bridgehead atoms. The second-order valence-electron chi connectivity index (χ2n) is 35.3. The topological polar surface area (TPSA) is 761 Å². The number of carbonyl (C=O) groups excluding carboxylic acids is 18. The predicted octanol–water partition coefficient (Wildman–Crippen LogP) is -3.14. The molecule has 30 N–H and O–H groups in total. The van der Waals surface area contributed by atoms with Crippen molar-refractivity contribution in [2.45, 2.75) is 255 Å². The highest BCUT2D eigenvalue weighted by atomic mass is 32.2. The number of carboxylic acid groups (broad SMARTS) is 3. The van der Waals surface area contributed by atoms with Crippen LogP contribution in [0.25, 0.3) is 21.8 Å². The molecule has 0 radical (unpaired) electrons. The lowest BCUT2D eigenvalue weighted by molar-refractivity contribution is -0.143. The van der Waals surface area contributed by atoms with E-state index in [1.807, 2.05) is 0 Å². The van der Waals surface area contributed by atoms with Crippen LogP contribution in [0.15, 0.2) is 91.3 Å². The number of aromatic amines is 2. The molecular formula is C92H134N22O24S3. The number of aromatic nitrogens is 2. The Kier molecular flexibility index (Phi) is 49.6. The fraction of sp³-hybridized carbons (Fsp3) is 0.533. The summed E-state index contributed by atoms with van der Waals surface area (Å²) >= 11 is 9.82. The second kappa shape index (κ2) is 59.2. The molecule has 0 saturated carbocycles. The lowest BCUT2D eigenvalue weighted by Crippen LogP contribution is -2.62. The molecule has 18 amide bonds. The van der Waals surface area contributed by atoms with E-state index in [0.29, 0.717) is 38.5 Å². The van der Waals surface area contributed by atoms with Gasteiger partial charge in [0.25, 0.3) is 0 Å². The lowest BCUT2D eigenvalue weighted by atomic mass is 9.96. The van der Waals surface area contributed by atoms with Crippen molar-refractivity contribution in [2.75, 3.05) is 30.1 Å². The maximum Gasteiger partial charge on any atom is 0.326 e. The minimum absolute atomic E-state index is 0.0360. The number of benzene rings is 3. The van der Waals surface area contributed by atoms with Gasteiger partial charge in [0.05, 0.1) is 25.3 Å². The lowest BCUT2D eigenvalue weighted by Gasteiger charge is -2.30. The molecule has 5 rings (SSSR count). The van der Waals surface area contributed by atoms with Gasteiger partial charge < -0.3 is 134 Å². The number of thiol groups is 2. The Morgan fingerprint density at radius 3 is 1.13 bits per heavy atom. The Bertz CT molecular complexity index is 5200. The molecule has 0 aliphatic carbocycles. The number of fused-ring (bicyclic) bond motifs is 2. The number of H-pyrrole nitrogens is 2. The zero-order chi connectivity index (χ0) is 105. The number of aliphatic carboxylic acids is 3. The van der Waals surface area contributed by atoms with Gasteiger partial charge in [-0.05, 0) is 116 Å². The first-order valence-electron chi connectivity index (χ1n) is 46.0. The van der Waals surface area contributed by atoms with E-state index >= 15 is 19.2 Å². The minimum Gasteiger partial charge on any atom is -0.481 e. The van der Waals surface area contributed by atoms with Crippen molar-refractivity contribution in [3.8, 4) is 0 Å². The fourth-order valence-corrected chi connectivity index (χ4v) is 15.8. The Balaban J connectivity index is 1.41. The molecule has 5 aromatic rings. The number of carboxylic acids is 3. The maximum atomic E-state index is 15.1. The van der Waals surface area contributed by atoms with Gasteiger partial charge in [0.2, 0.25) is 106 Å². The Morgan fingerprint density at radius 1 is 0.369 bits per heavy atom. The quantitative estimate of drug-likeness (QED) is 0.0135. The van der Waals surface area contributed by atoms with Crippen molar-refractivity contribution in [1.82, 2.24) is 89.7 Å². The third kappa shape index (κ3) is 39.3. The van der Waals surface area contributed by atoms with Crippen molar-refractivity contribution in [3.05, 3.63) is 108 Å². The van der Waals surface area contributed by atoms with E-state index in [2.05, 4.69) is 115 Å². The summed E-state index contributed by atoms with van der Waals surface area (Å²) in [7, 11) is 0. The summed E-state index contributed by atoms with van der Waals surface area (Å²) in [6.07, 6.45) is -1.12. The summed E-state index contributed by atoms with van der Waals surface area (Å²) in [5, 5.41) is 68.0. The largest absolute Gasteiger partial charge is 0.481 e. The zero-order valence-corrected chi connectivity index (χ0v) is 82.6. The number of primary amides is 3. The predicted molar refractivity (Wildman–Crippen MR) is 526 cm³/mol. The van der Waals surface area contributed by atoms with Gasteiger partial charge in [0.15, 0.2) is 0 Å². The van der Waals surface area contributed by atoms with Crippen molar-refractivity contribution in [2.24, 2.45) is 52.3 Å². The Morgan fingerprint density at radius 2 is 0.716 bits per heavy atom. The second-order valence-corrected chi connectivity index (χ2v) is 37.0. The van der Waals surface area contributed by atoms with Crippen molar-refractivity contribution < 1.29 is 116 Å². The fourth-order valence-electron chi connectivity index (χ4n) is 14.8. The molecule has 0 unspecified atom stereocenters. The van der Waals surface area contributed by atoms with E-state index in [0.717, 1.165) is 0 Å². The molecule has 141 heavy (non-hydrogen) atoms. The number of thioether (sulfide) groups is 1. The molecule has 0 saturated heterocycles. The highest BCUT2D eigenvalue weighted by Gasteiger charge is 2.42. The van der Waals surface area contributed by atoms with Crippen LogP contribution >= 0.6 is 37.0 Å². The standard InChI is InChI=1S/C92H134N22O24S3/c1-10-48(8)76(114-84(129)61(35-49-20-12-11-13-21-49)105-80(125)59(28-30-72(118)119)101-87(132)68(44-140)111-90(135)75(47(6)7)112-85(130)63(104-77(122)54(94)38-73(120)121)37-51-42-99-56-25-17-15-23-53(51)56)91(136)103-57(26-18-19-32-93)78(123)107-64(39-70(96)116)83(128)100-58(27-29-69(95)115)79(124)106-62(36-50-41-98-55-24-16-14-22-52(50)55)82(127)102-60(31-33-141-9)81(126)110-67(43-139)88(133)108-65(40-71(97)117)86(131)113-74(46(4)5)89(134)109-66(92(137)138)34-45(2)3/h11-17,20-25,41-42,45-48,54,57-68,74-76,98-99,139-140H,10,18-19,26-40,43-44,93-94H2,1-9H3,(H2,95,115)(H2,96,116)(H2,97,117)(H,100,128)(H,101,132)(H,102,127)(H,103,136)(H,104,122)(H,105,125)(H,106,124)(H,107,123)(H,108,133)(H,109,134)(H,110,126)(H,111,135)(H,112,130)(H,113,131)(H,114,129)(H,118,119)(H,120,121)(H,137,138)/t48-,54-,57-,58-,59-,60-,61-,62-,63-,64-,65-,66-,67-,68-,74-,75-,76-/m0/s1. The van der Waals surface area contributed by atoms with E-state index in [1.165, 1.54) is 18.0 Å². The van der Waals surface area contributed by atoms with Gasteiger partial charge in [-0.25, -0.2) is 4.79 Å². The van der Waals surface area contributed by atoms with Crippen LogP contribution in [0.1, 0.15) is 156 Å². The molecule has 2 heterocycles. The summed E-state index contributed by atoms with van der Waals surface area (Å²) in [6, 6.07) is -4.20. The molecular weight excluding hydrogens is 1890 g/mol.